The van der Waals surface area contributed by atoms with Gasteiger partial charge >= 0.3 is 0 Å². The maximum Gasteiger partial charge on any atom is 0.276 e. The van der Waals surface area contributed by atoms with E-state index in [1.807, 2.05) is 41.5 Å². The lowest BCUT2D eigenvalue weighted by Crippen LogP contribution is -2.26. The number of nitrogens with zero attached hydrogens (tertiary/aromatic N) is 3. The number of rotatable bonds is 4. The molecular weight excluding hydrogens is 314 g/mol. The lowest BCUT2D eigenvalue weighted by atomic mass is 9.95. The molecule has 0 amide bonds. The van der Waals surface area contributed by atoms with Crippen molar-refractivity contribution in [1.82, 2.24) is 9.55 Å². The molecule has 0 atom stereocenters. The number of hydrogen-bond acceptors (Lipinski definition) is 4. The third-order valence-electron chi connectivity index (χ3n) is 3.69. The van der Waals surface area contributed by atoms with Crippen LogP contribution in [0, 0.1) is 18.3 Å². The first-order valence-electron chi connectivity index (χ1n) is 8.54. The first kappa shape index (κ1) is 20.3. The number of ketones is 1. The Morgan fingerprint density at radius 1 is 1.28 bits per heavy atom. The van der Waals surface area contributed by atoms with E-state index in [0.717, 1.165) is 5.56 Å². The van der Waals surface area contributed by atoms with E-state index < -0.39 is 0 Å². The SMILES string of the molecule is CC.CCn1cnc(=O)c(C(C)C)c1C(=O)c1cc(C)cc(C#N)c1. The van der Waals surface area contributed by atoms with Crippen LogP contribution in [-0.2, 0) is 6.54 Å². The summed E-state index contributed by atoms with van der Waals surface area (Å²) in [5.74, 6) is -0.372. The summed E-state index contributed by atoms with van der Waals surface area (Å²) >= 11 is 0. The second kappa shape index (κ2) is 8.93. The summed E-state index contributed by atoms with van der Waals surface area (Å²) in [7, 11) is 0. The minimum atomic E-state index is -0.374. The average Bonchev–Trinajstić information content (AvgIpc) is 2.61. The fraction of sp³-hybridized carbons (Fsp3) is 0.400. The lowest BCUT2D eigenvalue weighted by molar-refractivity contribution is 0.102. The molecule has 0 aliphatic carbocycles. The highest BCUT2D eigenvalue weighted by molar-refractivity contribution is 6.09. The van der Waals surface area contributed by atoms with Gasteiger partial charge in [-0.25, -0.2) is 0 Å². The van der Waals surface area contributed by atoms with Gasteiger partial charge in [-0.15, -0.1) is 0 Å². The molecule has 0 aliphatic heterocycles. The first-order valence-corrected chi connectivity index (χ1v) is 8.54. The first-order chi connectivity index (χ1) is 11.9. The van der Waals surface area contributed by atoms with E-state index >= 15 is 0 Å². The van der Waals surface area contributed by atoms with Crippen LogP contribution in [0.4, 0.5) is 0 Å². The van der Waals surface area contributed by atoms with Crippen LogP contribution in [0.2, 0.25) is 0 Å². The highest BCUT2D eigenvalue weighted by Crippen LogP contribution is 2.20. The van der Waals surface area contributed by atoms with Gasteiger partial charge in [0, 0.05) is 17.7 Å². The Hall–Kier alpha value is -2.74. The van der Waals surface area contributed by atoms with Crippen LogP contribution in [0.1, 0.15) is 73.3 Å². The largest absolute Gasteiger partial charge is 0.329 e. The molecule has 0 saturated heterocycles. The predicted molar refractivity (Wildman–Crippen MR) is 98.9 cm³/mol. The van der Waals surface area contributed by atoms with E-state index in [1.54, 1.807) is 22.8 Å². The molecule has 2 aromatic rings. The smallest absolute Gasteiger partial charge is 0.276 e. The predicted octanol–water partition coefficient (Wildman–Crippen LogP) is 3.82. The van der Waals surface area contributed by atoms with Crippen molar-refractivity contribution >= 4 is 5.78 Å². The third kappa shape index (κ3) is 4.42. The Balaban J connectivity index is 0.00000151. The number of carbonyl (C=O) groups excluding carboxylic acids is 1. The summed E-state index contributed by atoms with van der Waals surface area (Å²) < 4.78 is 1.69. The van der Waals surface area contributed by atoms with Gasteiger partial charge in [-0.2, -0.15) is 10.2 Å². The molecule has 0 N–H and O–H groups in total. The number of hydrogen-bond donors (Lipinski definition) is 0. The van der Waals surface area contributed by atoms with Crippen LogP contribution in [-0.4, -0.2) is 15.3 Å². The van der Waals surface area contributed by atoms with E-state index in [9.17, 15) is 9.59 Å². The number of nitriles is 1. The maximum atomic E-state index is 13.0. The van der Waals surface area contributed by atoms with Crippen molar-refractivity contribution in [3.63, 3.8) is 0 Å². The standard InChI is InChI=1S/C18H19N3O2.C2H6/c1-5-21-10-20-18(23)15(11(2)3)16(21)17(22)14-7-12(4)6-13(8-14)9-19;1-2/h6-8,10-11H,5H2,1-4H3;1-2H3. The highest BCUT2D eigenvalue weighted by Gasteiger charge is 2.22. The molecule has 132 valence electrons. The van der Waals surface area contributed by atoms with Crippen molar-refractivity contribution in [2.24, 2.45) is 0 Å². The normalized spacial score (nSPS) is 10.0. The number of benzene rings is 1. The van der Waals surface area contributed by atoms with Gasteiger partial charge in [0.1, 0.15) is 0 Å². The molecule has 0 spiro atoms. The zero-order valence-corrected chi connectivity index (χ0v) is 15.8. The second-order valence-electron chi connectivity index (χ2n) is 5.78. The summed E-state index contributed by atoms with van der Waals surface area (Å²) in [4.78, 5) is 29.0. The monoisotopic (exact) mass is 339 g/mol. The van der Waals surface area contributed by atoms with Gasteiger partial charge in [0.2, 0.25) is 5.78 Å². The van der Waals surface area contributed by atoms with Crippen LogP contribution in [0.5, 0.6) is 0 Å². The van der Waals surface area contributed by atoms with E-state index in [4.69, 9.17) is 5.26 Å². The second-order valence-corrected chi connectivity index (χ2v) is 5.78. The van der Waals surface area contributed by atoms with Gasteiger partial charge in [-0.3, -0.25) is 9.59 Å². The maximum absolute atomic E-state index is 13.0. The minimum absolute atomic E-state index is 0.117. The molecule has 5 heteroatoms. The van der Waals surface area contributed by atoms with E-state index in [2.05, 4.69) is 11.1 Å². The van der Waals surface area contributed by atoms with Crippen LogP contribution in [0.15, 0.2) is 29.3 Å². The molecular formula is C20H25N3O2. The van der Waals surface area contributed by atoms with Gasteiger partial charge in [0.05, 0.1) is 23.7 Å². The lowest BCUT2D eigenvalue weighted by Gasteiger charge is -2.16. The minimum Gasteiger partial charge on any atom is -0.329 e. The van der Waals surface area contributed by atoms with Gasteiger partial charge in [-0.05, 0) is 43.5 Å². The van der Waals surface area contributed by atoms with Gasteiger partial charge in [-0.1, -0.05) is 27.7 Å². The molecule has 25 heavy (non-hydrogen) atoms. The molecule has 0 aliphatic rings. The summed E-state index contributed by atoms with van der Waals surface area (Å²) in [6.45, 7) is 12.0. The Kier molecular flexibility index (Phi) is 7.25. The number of carbonyl (C=O) groups is 1. The van der Waals surface area contributed by atoms with Crippen LogP contribution >= 0.6 is 0 Å². The highest BCUT2D eigenvalue weighted by atomic mass is 16.1. The summed E-state index contributed by atoms with van der Waals surface area (Å²) in [6, 6.07) is 7.07. The summed E-state index contributed by atoms with van der Waals surface area (Å²) in [5.41, 5.74) is 2.07. The van der Waals surface area contributed by atoms with Crippen LogP contribution < -0.4 is 5.56 Å². The molecule has 0 fully saturated rings. The molecule has 0 unspecified atom stereocenters. The Bertz CT molecular complexity index is 858. The van der Waals surface area contributed by atoms with Gasteiger partial charge < -0.3 is 4.57 Å². The Morgan fingerprint density at radius 2 is 1.92 bits per heavy atom. The molecule has 1 aromatic heterocycles. The van der Waals surface area contributed by atoms with Crippen molar-refractivity contribution in [2.45, 2.75) is 54.0 Å². The number of aryl methyl sites for hydroxylation is 2. The van der Waals surface area contributed by atoms with Crippen molar-refractivity contribution in [2.75, 3.05) is 0 Å². The van der Waals surface area contributed by atoms with E-state index in [1.165, 1.54) is 6.33 Å². The van der Waals surface area contributed by atoms with Crippen molar-refractivity contribution in [3.05, 3.63) is 62.8 Å². The Morgan fingerprint density at radius 3 is 2.44 bits per heavy atom. The quantitative estimate of drug-likeness (QED) is 0.793. The molecule has 1 heterocycles. The molecule has 0 radical (unpaired) electrons. The number of aromatic nitrogens is 2. The Labute approximate surface area is 149 Å². The fourth-order valence-corrected chi connectivity index (χ4v) is 2.63. The zero-order chi connectivity index (χ0) is 19.1. The van der Waals surface area contributed by atoms with Crippen molar-refractivity contribution in [1.29, 1.82) is 5.26 Å². The third-order valence-corrected chi connectivity index (χ3v) is 3.69. The molecule has 0 bridgehead atoms. The van der Waals surface area contributed by atoms with Crippen LogP contribution in [0.3, 0.4) is 0 Å². The van der Waals surface area contributed by atoms with Crippen molar-refractivity contribution in [3.8, 4) is 6.07 Å². The molecule has 5 nitrogen and oxygen atoms in total. The van der Waals surface area contributed by atoms with Gasteiger partial charge in [0.25, 0.3) is 5.56 Å². The van der Waals surface area contributed by atoms with Crippen LogP contribution in [0.25, 0.3) is 0 Å². The molecule has 0 saturated carbocycles. The van der Waals surface area contributed by atoms with Gasteiger partial charge in [0.15, 0.2) is 0 Å². The van der Waals surface area contributed by atoms with Crippen molar-refractivity contribution < 1.29 is 4.79 Å². The fourth-order valence-electron chi connectivity index (χ4n) is 2.63. The van der Waals surface area contributed by atoms with E-state index in [0.29, 0.717) is 28.9 Å². The van der Waals surface area contributed by atoms with E-state index in [-0.39, 0.29) is 17.3 Å². The molecule has 2 rings (SSSR count). The summed E-state index contributed by atoms with van der Waals surface area (Å²) in [5, 5.41) is 9.10. The average molecular weight is 339 g/mol. The summed E-state index contributed by atoms with van der Waals surface area (Å²) in [6.07, 6.45) is 1.41. The zero-order valence-electron chi connectivity index (χ0n) is 15.8. The topological polar surface area (TPSA) is 75.8 Å². The molecule has 1 aromatic carbocycles.